The summed E-state index contributed by atoms with van der Waals surface area (Å²) in [6.07, 6.45) is 2.28. The number of thioether (sulfide) groups is 1. The Kier molecular flexibility index (Phi) is 6.92. The van der Waals surface area contributed by atoms with Crippen LogP contribution in [0, 0.1) is 5.92 Å². The minimum atomic E-state index is -1.99. The number of β-lactam (4-membered cyclic amide) rings is 1. The Morgan fingerprint density at radius 1 is 1.35 bits per heavy atom. The summed E-state index contributed by atoms with van der Waals surface area (Å²) in [4.78, 5) is 38.9. The first-order valence-corrected chi connectivity index (χ1v) is 14.3. The summed E-state index contributed by atoms with van der Waals surface area (Å²) in [5.41, 5.74) is 0. The van der Waals surface area contributed by atoms with Crippen molar-refractivity contribution >= 4 is 38.0 Å². The number of hydrogen-bond donors (Lipinski definition) is 1. The third-order valence-corrected chi connectivity index (χ3v) is 12.2. The predicted octanol–water partition coefficient (Wildman–Crippen LogP) is 3.72. The highest BCUT2D eigenvalue weighted by Crippen LogP contribution is 2.51. The third-order valence-electron chi connectivity index (χ3n) is 6.32. The minimum absolute atomic E-state index is 0.0152. The van der Waals surface area contributed by atoms with Gasteiger partial charge in [-0.15, -0.1) is 0 Å². The number of nitrogens with zero attached hydrogens (tertiary/aromatic N) is 1. The quantitative estimate of drug-likeness (QED) is 0.251. The van der Waals surface area contributed by atoms with E-state index in [0.717, 1.165) is 4.91 Å². The summed E-state index contributed by atoms with van der Waals surface area (Å²) in [5.74, 6) is -0.175. The average molecular weight is 469 g/mol. The van der Waals surface area contributed by atoms with E-state index >= 15 is 0 Å². The Balaban J connectivity index is 1.71. The first-order chi connectivity index (χ1) is 14.4. The largest absolute Gasteiger partial charge is 0.515 e. The van der Waals surface area contributed by atoms with Gasteiger partial charge in [-0.1, -0.05) is 45.2 Å². The highest BCUT2D eigenvalue weighted by Gasteiger charge is 2.56. The second-order valence-corrected chi connectivity index (χ2v) is 15.6. The molecule has 172 valence electrons. The van der Waals surface area contributed by atoms with E-state index in [2.05, 4.69) is 45.8 Å². The van der Waals surface area contributed by atoms with E-state index in [9.17, 15) is 14.4 Å². The topological polar surface area (TPSA) is 94.2 Å². The van der Waals surface area contributed by atoms with Crippen LogP contribution in [0.25, 0.3) is 0 Å². The molecule has 0 aromatic rings. The van der Waals surface area contributed by atoms with Crippen LogP contribution in [0.5, 0.6) is 0 Å². The van der Waals surface area contributed by atoms with Crippen LogP contribution in [0.1, 0.15) is 40.0 Å². The van der Waals surface area contributed by atoms with Crippen LogP contribution in [0.4, 0.5) is 4.79 Å². The lowest BCUT2D eigenvalue weighted by Crippen LogP contribution is -2.59. The van der Waals surface area contributed by atoms with Crippen molar-refractivity contribution in [2.75, 3.05) is 13.2 Å². The lowest BCUT2D eigenvalue weighted by Gasteiger charge is -2.44. The van der Waals surface area contributed by atoms with Crippen molar-refractivity contribution in [2.24, 2.45) is 5.92 Å². The number of rotatable bonds is 8. The minimum Gasteiger partial charge on any atom is -0.430 e. The zero-order valence-electron chi connectivity index (χ0n) is 18.9. The first kappa shape index (κ1) is 23.9. The third kappa shape index (κ3) is 5.01. The molecule has 10 heteroatoms. The van der Waals surface area contributed by atoms with Gasteiger partial charge >= 0.3 is 6.16 Å². The van der Waals surface area contributed by atoms with E-state index in [1.807, 2.05) is 0 Å². The molecule has 3 aliphatic rings. The van der Waals surface area contributed by atoms with Crippen molar-refractivity contribution in [3.63, 3.8) is 0 Å². The fourth-order valence-electron chi connectivity index (χ4n) is 3.40. The predicted molar refractivity (Wildman–Crippen MR) is 120 cm³/mol. The van der Waals surface area contributed by atoms with E-state index in [1.54, 1.807) is 0 Å². The summed E-state index contributed by atoms with van der Waals surface area (Å²) < 4.78 is 16.7. The van der Waals surface area contributed by atoms with Crippen LogP contribution in [-0.2, 0) is 23.5 Å². The van der Waals surface area contributed by atoms with Gasteiger partial charge in [0.2, 0.25) is 17.7 Å². The Bertz CT molecular complexity index is 806. The monoisotopic (exact) mass is 468 g/mol. The second-order valence-electron chi connectivity index (χ2n) is 9.58. The van der Waals surface area contributed by atoms with Gasteiger partial charge < -0.3 is 19.2 Å². The molecular weight excluding hydrogens is 436 g/mol. The van der Waals surface area contributed by atoms with Gasteiger partial charge in [-0.3, -0.25) is 14.5 Å². The van der Waals surface area contributed by atoms with E-state index in [-0.39, 0.29) is 46.7 Å². The van der Waals surface area contributed by atoms with Gasteiger partial charge in [-0.05, 0) is 24.6 Å². The number of amides is 2. The maximum absolute atomic E-state index is 12.9. The summed E-state index contributed by atoms with van der Waals surface area (Å²) in [6.45, 7) is 14.7. The molecule has 3 aliphatic heterocycles. The van der Waals surface area contributed by atoms with Gasteiger partial charge in [-0.2, -0.15) is 0 Å². The van der Waals surface area contributed by atoms with Crippen LogP contribution in [-0.4, -0.2) is 55.8 Å². The fraction of sp³-hybridized carbons (Fsp3) is 0.667. The van der Waals surface area contributed by atoms with Crippen LogP contribution in [0.15, 0.2) is 23.4 Å². The zero-order chi connectivity index (χ0) is 23.0. The molecule has 31 heavy (non-hydrogen) atoms. The van der Waals surface area contributed by atoms with Crippen LogP contribution < -0.4 is 5.32 Å². The highest BCUT2D eigenvalue weighted by atomic mass is 32.2. The number of ether oxygens (including phenoxy) is 2. The molecule has 0 bridgehead atoms. The van der Waals surface area contributed by atoms with Crippen molar-refractivity contribution < 1.29 is 28.3 Å². The second kappa shape index (κ2) is 8.99. The van der Waals surface area contributed by atoms with Crippen LogP contribution in [0.3, 0.4) is 0 Å². The molecule has 0 saturated carbocycles. The van der Waals surface area contributed by atoms with Gasteiger partial charge in [0, 0.05) is 25.5 Å². The number of nitrogens with one attached hydrogen (secondary N) is 1. The molecule has 0 radical (unpaired) electrons. The van der Waals surface area contributed by atoms with Gasteiger partial charge in [0.1, 0.15) is 12.0 Å². The molecule has 0 aromatic carbocycles. The highest BCUT2D eigenvalue weighted by molar-refractivity contribution is 8.04. The number of carbonyl (C=O) groups is 3. The summed E-state index contributed by atoms with van der Waals surface area (Å²) in [7, 11) is -1.99. The Morgan fingerprint density at radius 3 is 2.65 bits per heavy atom. The SMILES string of the molecule is C=CCOC(=O)OC1=C(C[C@H]2CCC(=O)N2)S[C@@H]2[C@@H](CO[Si](C)(C)C(C)(C)C)C(=O)N12. The molecule has 0 unspecified atom stereocenters. The molecule has 2 fully saturated rings. The molecule has 2 amide bonds. The van der Waals surface area contributed by atoms with Gasteiger partial charge in [-0.25, -0.2) is 4.79 Å². The van der Waals surface area contributed by atoms with Gasteiger partial charge in [0.25, 0.3) is 0 Å². The van der Waals surface area contributed by atoms with Crippen molar-refractivity contribution in [1.82, 2.24) is 10.2 Å². The van der Waals surface area contributed by atoms with E-state index < -0.39 is 14.5 Å². The molecule has 1 N–H and O–H groups in total. The molecule has 0 spiro atoms. The van der Waals surface area contributed by atoms with Crippen LogP contribution >= 0.6 is 11.8 Å². The Hall–Kier alpha value is -1.78. The number of fused-ring (bicyclic) bond motifs is 1. The standard InChI is InChI=1S/C21H32N2O6SSi/c1-7-10-27-20(26)29-18-15(11-13-8-9-16(24)22-13)30-19-14(17(25)23(18)19)12-28-31(5,6)21(2,3)4/h7,13-14,19H,1,8-12H2,2-6H3,(H,22,24)/t13-,14+,19-/m1/s1. The summed E-state index contributed by atoms with van der Waals surface area (Å²) in [6, 6.07) is -0.0338. The van der Waals surface area contributed by atoms with Crippen molar-refractivity contribution in [3.8, 4) is 0 Å². The van der Waals surface area contributed by atoms with Crippen molar-refractivity contribution in [1.29, 1.82) is 0 Å². The zero-order valence-corrected chi connectivity index (χ0v) is 20.7. The maximum atomic E-state index is 12.9. The summed E-state index contributed by atoms with van der Waals surface area (Å²) in [5, 5.41) is 2.81. The molecule has 2 saturated heterocycles. The molecular formula is C21H32N2O6SSi. The van der Waals surface area contributed by atoms with Crippen LogP contribution in [0.2, 0.25) is 18.1 Å². The molecule has 0 aromatic heterocycles. The number of hydrogen-bond acceptors (Lipinski definition) is 7. The van der Waals surface area contributed by atoms with Crippen molar-refractivity contribution in [3.05, 3.63) is 23.4 Å². The molecule has 3 heterocycles. The van der Waals surface area contributed by atoms with Crippen molar-refractivity contribution in [2.45, 2.75) is 69.6 Å². The van der Waals surface area contributed by atoms with E-state index in [0.29, 0.717) is 25.9 Å². The fourth-order valence-corrected chi connectivity index (χ4v) is 5.93. The Labute approximate surface area is 188 Å². The molecule has 3 rings (SSSR count). The Morgan fingerprint density at radius 2 is 2.06 bits per heavy atom. The van der Waals surface area contributed by atoms with Gasteiger partial charge in [0.05, 0.1) is 10.8 Å². The lowest BCUT2D eigenvalue weighted by atomic mass is 10.00. The maximum Gasteiger partial charge on any atom is 0.515 e. The molecule has 0 aliphatic carbocycles. The van der Waals surface area contributed by atoms with E-state index in [4.69, 9.17) is 13.9 Å². The normalized spacial score (nSPS) is 25.8. The number of carbonyl (C=O) groups excluding carboxylic acids is 3. The van der Waals surface area contributed by atoms with Gasteiger partial charge in [0.15, 0.2) is 8.32 Å². The average Bonchev–Trinajstić information content (AvgIpc) is 3.21. The summed E-state index contributed by atoms with van der Waals surface area (Å²) >= 11 is 1.51. The smallest absolute Gasteiger partial charge is 0.430 e. The first-order valence-electron chi connectivity index (χ1n) is 10.6. The lowest BCUT2D eigenvalue weighted by molar-refractivity contribution is -0.151. The molecule has 3 atom stereocenters. The molecule has 8 nitrogen and oxygen atoms in total. The van der Waals surface area contributed by atoms with E-state index in [1.165, 1.54) is 22.7 Å².